The third kappa shape index (κ3) is 6.05. The summed E-state index contributed by atoms with van der Waals surface area (Å²) in [5, 5.41) is 6.22. The van der Waals surface area contributed by atoms with Crippen LogP contribution in [0.3, 0.4) is 0 Å². The molecule has 1 aliphatic heterocycles. The molecule has 1 fully saturated rings. The summed E-state index contributed by atoms with van der Waals surface area (Å²) in [5.74, 6) is 0.831. The quantitative estimate of drug-likeness (QED) is 0.566. The van der Waals surface area contributed by atoms with E-state index in [0.29, 0.717) is 23.8 Å². The Balaban J connectivity index is 1.74. The lowest BCUT2D eigenvalue weighted by atomic mass is 10.1. The molecule has 7 nitrogen and oxygen atoms in total. The van der Waals surface area contributed by atoms with Crippen LogP contribution in [0.1, 0.15) is 21.5 Å². The number of hydrogen-bond acceptors (Lipinski definition) is 5. The topological polar surface area (TPSA) is 75.2 Å². The van der Waals surface area contributed by atoms with Crippen LogP contribution >= 0.6 is 0 Å². The van der Waals surface area contributed by atoms with Crippen molar-refractivity contribution in [1.82, 2.24) is 10.2 Å². The van der Waals surface area contributed by atoms with Crippen molar-refractivity contribution in [1.29, 1.82) is 0 Å². The van der Waals surface area contributed by atoms with Crippen LogP contribution in [-0.4, -0.2) is 63.3 Å². The average Bonchev–Trinajstić information content (AvgIpc) is 2.77. The van der Waals surface area contributed by atoms with Gasteiger partial charge in [-0.05, 0) is 49.2 Å². The predicted molar refractivity (Wildman–Crippen MR) is 120 cm³/mol. The van der Waals surface area contributed by atoms with E-state index < -0.39 is 0 Å². The molecule has 0 aromatic heterocycles. The van der Waals surface area contributed by atoms with Crippen LogP contribution < -0.4 is 15.4 Å². The van der Waals surface area contributed by atoms with Crippen LogP contribution in [0.4, 0.5) is 5.69 Å². The number of carbonyl (C=O) groups excluding carboxylic acids is 1. The molecule has 1 saturated heterocycles. The van der Waals surface area contributed by atoms with Gasteiger partial charge in [0.1, 0.15) is 5.75 Å². The predicted octanol–water partition coefficient (Wildman–Crippen LogP) is 2.84. The van der Waals surface area contributed by atoms with Crippen molar-refractivity contribution in [3.8, 4) is 5.75 Å². The lowest BCUT2D eigenvalue weighted by Gasteiger charge is -2.25. The Morgan fingerprint density at radius 1 is 1.17 bits per heavy atom. The van der Waals surface area contributed by atoms with E-state index in [9.17, 15) is 4.79 Å². The summed E-state index contributed by atoms with van der Waals surface area (Å²) in [5.41, 5.74) is 3.73. The third-order valence-corrected chi connectivity index (χ3v) is 5.21. The molecule has 0 unspecified atom stereocenters. The minimum absolute atomic E-state index is 0.239. The van der Waals surface area contributed by atoms with Crippen LogP contribution in [0.15, 0.2) is 47.5 Å². The van der Waals surface area contributed by atoms with Crippen LogP contribution in [-0.2, 0) is 4.74 Å². The normalized spacial score (nSPS) is 15.0. The molecule has 1 amide bonds. The Labute approximate surface area is 178 Å². The summed E-state index contributed by atoms with van der Waals surface area (Å²) in [6.45, 7) is 8.82. The molecule has 0 aliphatic carbocycles. The molecule has 3 rings (SSSR count). The summed E-state index contributed by atoms with van der Waals surface area (Å²) in [4.78, 5) is 19.8. The van der Waals surface area contributed by atoms with Gasteiger partial charge in [-0.15, -0.1) is 0 Å². The maximum Gasteiger partial charge on any atom is 0.258 e. The van der Waals surface area contributed by atoms with Gasteiger partial charge in [0.05, 0.1) is 26.9 Å². The second kappa shape index (κ2) is 10.8. The molecule has 0 spiro atoms. The van der Waals surface area contributed by atoms with Gasteiger partial charge >= 0.3 is 0 Å². The standard InChI is InChI=1S/C23H30N4O3/c1-17-6-4-9-21(18(17)2)25-23(24-10-11-27-12-14-30-15-13-27)26-22(28)19-7-5-8-20(16-19)29-3/h4-9,16H,10-15H2,1-3H3,(H2,24,25,26,28). The molecule has 0 bridgehead atoms. The van der Waals surface area contributed by atoms with E-state index in [0.717, 1.165) is 44.1 Å². The number of nitrogens with one attached hydrogen (secondary N) is 2. The molecule has 0 atom stereocenters. The zero-order chi connectivity index (χ0) is 21.3. The van der Waals surface area contributed by atoms with Crippen molar-refractivity contribution in [2.75, 3.05) is 51.8 Å². The number of benzene rings is 2. The largest absolute Gasteiger partial charge is 0.497 e. The number of hydrogen-bond donors (Lipinski definition) is 2. The summed E-state index contributed by atoms with van der Waals surface area (Å²) < 4.78 is 10.6. The van der Waals surface area contributed by atoms with Crippen LogP contribution in [0.2, 0.25) is 0 Å². The fraction of sp³-hybridized carbons (Fsp3) is 0.391. The first kappa shape index (κ1) is 21.8. The number of methoxy groups -OCH3 is 1. The molecule has 0 saturated carbocycles. The molecule has 30 heavy (non-hydrogen) atoms. The van der Waals surface area contributed by atoms with Gasteiger partial charge in [0, 0.05) is 30.9 Å². The molecule has 1 aliphatic rings. The zero-order valence-electron chi connectivity index (χ0n) is 17.9. The van der Waals surface area contributed by atoms with Gasteiger partial charge in [-0.2, -0.15) is 0 Å². The number of rotatable bonds is 6. The second-order valence-electron chi connectivity index (χ2n) is 7.24. The van der Waals surface area contributed by atoms with Crippen molar-refractivity contribution >= 4 is 17.6 Å². The molecule has 160 valence electrons. The number of morpholine rings is 1. The number of carbonyl (C=O) groups is 1. The van der Waals surface area contributed by atoms with Gasteiger partial charge in [0.25, 0.3) is 5.91 Å². The van der Waals surface area contributed by atoms with Gasteiger partial charge in [0.2, 0.25) is 5.96 Å². The number of guanidine groups is 1. The van der Waals surface area contributed by atoms with Gasteiger partial charge in [-0.3, -0.25) is 20.0 Å². The SMILES string of the molecule is COc1cccc(C(=O)NC(=NCCN2CCOCC2)Nc2cccc(C)c2C)c1. The highest BCUT2D eigenvalue weighted by atomic mass is 16.5. The van der Waals surface area contributed by atoms with Crippen molar-refractivity contribution in [2.45, 2.75) is 13.8 Å². The highest BCUT2D eigenvalue weighted by Crippen LogP contribution is 2.18. The fourth-order valence-electron chi connectivity index (χ4n) is 3.20. The first-order valence-corrected chi connectivity index (χ1v) is 10.2. The van der Waals surface area contributed by atoms with Crippen LogP contribution in [0.25, 0.3) is 0 Å². The number of aliphatic imine (C=N–C) groups is 1. The Bertz CT molecular complexity index is 892. The zero-order valence-corrected chi connectivity index (χ0v) is 17.9. The third-order valence-electron chi connectivity index (χ3n) is 5.21. The fourth-order valence-corrected chi connectivity index (χ4v) is 3.20. The Kier molecular flexibility index (Phi) is 7.82. The molecule has 7 heteroatoms. The van der Waals surface area contributed by atoms with E-state index in [-0.39, 0.29) is 5.91 Å². The lowest BCUT2D eigenvalue weighted by Crippen LogP contribution is -2.39. The first-order valence-electron chi connectivity index (χ1n) is 10.2. The number of aryl methyl sites for hydroxylation is 1. The van der Waals surface area contributed by atoms with Crippen LogP contribution in [0, 0.1) is 13.8 Å². The number of amides is 1. The molecule has 1 heterocycles. The number of anilines is 1. The smallest absolute Gasteiger partial charge is 0.258 e. The molecular weight excluding hydrogens is 380 g/mol. The molecular formula is C23H30N4O3. The monoisotopic (exact) mass is 410 g/mol. The van der Waals surface area contributed by atoms with E-state index in [2.05, 4.69) is 33.5 Å². The maximum absolute atomic E-state index is 12.8. The second-order valence-corrected chi connectivity index (χ2v) is 7.24. The van der Waals surface area contributed by atoms with Crippen molar-refractivity contribution in [3.05, 3.63) is 59.2 Å². The molecule has 2 aromatic carbocycles. The number of ether oxygens (including phenoxy) is 2. The van der Waals surface area contributed by atoms with Gasteiger partial charge in [-0.25, -0.2) is 0 Å². The lowest BCUT2D eigenvalue weighted by molar-refractivity contribution is 0.0394. The van der Waals surface area contributed by atoms with E-state index in [1.165, 1.54) is 5.56 Å². The first-order chi connectivity index (χ1) is 14.6. The molecule has 2 N–H and O–H groups in total. The van der Waals surface area contributed by atoms with Gasteiger partial charge < -0.3 is 14.8 Å². The maximum atomic E-state index is 12.8. The van der Waals surface area contributed by atoms with E-state index >= 15 is 0 Å². The summed E-state index contributed by atoms with van der Waals surface area (Å²) in [6.07, 6.45) is 0. The average molecular weight is 411 g/mol. The Morgan fingerprint density at radius 2 is 1.93 bits per heavy atom. The summed E-state index contributed by atoms with van der Waals surface area (Å²) in [7, 11) is 1.58. The Hall–Kier alpha value is -2.90. The Morgan fingerprint density at radius 3 is 2.70 bits per heavy atom. The highest BCUT2D eigenvalue weighted by Gasteiger charge is 2.13. The minimum atomic E-state index is -0.239. The van der Waals surface area contributed by atoms with E-state index in [1.807, 2.05) is 25.1 Å². The van der Waals surface area contributed by atoms with Gasteiger partial charge in [0.15, 0.2) is 0 Å². The highest BCUT2D eigenvalue weighted by molar-refractivity contribution is 6.10. The summed E-state index contributed by atoms with van der Waals surface area (Å²) >= 11 is 0. The summed E-state index contributed by atoms with van der Waals surface area (Å²) in [6, 6.07) is 13.1. The van der Waals surface area contributed by atoms with Crippen LogP contribution in [0.5, 0.6) is 5.75 Å². The van der Waals surface area contributed by atoms with Crippen molar-refractivity contribution in [3.63, 3.8) is 0 Å². The molecule has 2 aromatic rings. The van der Waals surface area contributed by atoms with Gasteiger partial charge in [-0.1, -0.05) is 18.2 Å². The van der Waals surface area contributed by atoms with E-state index in [1.54, 1.807) is 25.3 Å². The molecule has 0 radical (unpaired) electrons. The minimum Gasteiger partial charge on any atom is -0.497 e. The van der Waals surface area contributed by atoms with E-state index in [4.69, 9.17) is 9.47 Å². The van der Waals surface area contributed by atoms with Crippen molar-refractivity contribution < 1.29 is 14.3 Å². The van der Waals surface area contributed by atoms with Crippen molar-refractivity contribution in [2.24, 2.45) is 4.99 Å². The number of nitrogens with zero attached hydrogens (tertiary/aromatic N) is 2.